The first-order chi connectivity index (χ1) is 16.9. The van der Waals surface area contributed by atoms with Crippen LogP contribution in [0.15, 0.2) is 48.8 Å². The first kappa shape index (κ1) is 21.8. The number of carbonyl (C=O) groups excluding carboxylic acids is 1. The summed E-state index contributed by atoms with van der Waals surface area (Å²) in [5.74, 6) is 0.126. The Hall–Kier alpha value is -3.68. The third kappa shape index (κ3) is 3.77. The molecule has 12 nitrogen and oxygen atoms in total. The van der Waals surface area contributed by atoms with Crippen LogP contribution < -0.4 is 5.32 Å². The summed E-state index contributed by atoms with van der Waals surface area (Å²) in [5.41, 5.74) is 3.38. The molecule has 2 aliphatic heterocycles. The molecule has 0 atom stereocenters. The van der Waals surface area contributed by atoms with Gasteiger partial charge in [-0.3, -0.25) is 4.79 Å². The van der Waals surface area contributed by atoms with E-state index in [1.165, 1.54) is 15.3 Å². The van der Waals surface area contributed by atoms with E-state index >= 15 is 0 Å². The normalized spacial score (nSPS) is 17.3. The average Bonchev–Trinajstić information content (AvgIpc) is 3.40. The third-order valence-electron chi connectivity index (χ3n) is 6.39. The van der Waals surface area contributed by atoms with Crippen LogP contribution in [0.5, 0.6) is 0 Å². The van der Waals surface area contributed by atoms with E-state index in [9.17, 15) is 13.2 Å². The Balaban J connectivity index is 1.17. The monoisotopic (exact) mass is 494 g/mol. The number of nitrogens with one attached hydrogen (secondary N) is 1. The number of nitrogens with zero attached hydrogens (tertiary/aromatic N) is 7. The molecule has 2 saturated heterocycles. The number of benzene rings is 1. The van der Waals surface area contributed by atoms with Gasteiger partial charge in [0.1, 0.15) is 11.3 Å². The molecule has 1 amide bonds. The third-order valence-corrected chi connectivity index (χ3v) is 8.52. The topological polar surface area (TPSA) is 137 Å². The van der Waals surface area contributed by atoms with Gasteiger partial charge >= 0.3 is 0 Å². The quantitative estimate of drug-likeness (QED) is 0.421. The van der Waals surface area contributed by atoms with Crippen LogP contribution in [0.3, 0.4) is 0 Å². The van der Waals surface area contributed by atoms with Crippen LogP contribution in [0.1, 0.15) is 22.0 Å². The molecule has 2 aliphatic rings. The summed E-state index contributed by atoms with van der Waals surface area (Å²) < 4.78 is 33.0. The zero-order valence-electron chi connectivity index (χ0n) is 18.8. The van der Waals surface area contributed by atoms with Crippen LogP contribution in [0.2, 0.25) is 0 Å². The summed E-state index contributed by atoms with van der Waals surface area (Å²) >= 11 is 0. The molecule has 6 rings (SSSR count). The Bertz CT molecular complexity index is 1540. The van der Waals surface area contributed by atoms with Gasteiger partial charge in [0.2, 0.25) is 15.8 Å². The number of ether oxygens (including phenoxy) is 1. The fraction of sp³-hybridized carbons (Fsp3) is 0.318. The van der Waals surface area contributed by atoms with Crippen molar-refractivity contribution in [3.63, 3.8) is 0 Å². The van der Waals surface area contributed by atoms with Gasteiger partial charge in [-0.15, -0.1) is 10.2 Å². The molecule has 3 aromatic heterocycles. The highest BCUT2D eigenvalue weighted by molar-refractivity contribution is 7.89. The first-order valence-electron chi connectivity index (χ1n) is 11.1. The van der Waals surface area contributed by atoms with Crippen LogP contribution in [-0.2, 0) is 14.8 Å². The Labute approximate surface area is 200 Å². The lowest BCUT2D eigenvalue weighted by molar-refractivity contribution is 0.0363. The van der Waals surface area contributed by atoms with Crippen LogP contribution in [-0.4, -0.2) is 80.0 Å². The van der Waals surface area contributed by atoms with Gasteiger partial charge in [0.25, 0.3) is 5.91 Å². The molecule has 0 bridgehead atoms. The van der Waals surface area contributed by atoms with Crippen molar-refractivity contribution < 1.29 is 17.9 Å². The van der Waals surface area contributed by atoms with Crippen LogP contribution >= 0.6 is 0 Å². The second kappa shape index (κ2) is 8.22. The molecular formula is C22H22N8O4S. The van der Waals surface area contributed by atoms with Crippen molar-refractivity contribution in [2.45, 2.75) is 18.2 Å². The van der Waals surface area contributed by atoms with Gasteiger partial charge < -0.3 is 10.1 Å². The van der Waals surface area contributed by atoms with Gasteiger partial charge in [-0.2, -0.15) is 14.2 Å². The van der Waals surface area contributed by atoms with Crippen molar-refractivity contribution in [1.29, 1.82) is 0 Å². The number of hydrogen-bond acceptors (Lipinski definition) is 8. The van der Waals surface area contributed by atoms with E-state index in [-0.39, 0.29) is 25.2 Å². The van der Waals surface area contributed by atoms with Crippen molar-refractivity contribution in [3.05, 3.63) is 59.9 Å². The number of pyridine rings is 1. The maximum absolute atomic E-state index is 12.9. The molecule has 35 heavy (non-hydrogen) atoms. The summed E-state index contributed by atoms with van der Waals surface area (Å²) in [6, 6.07) is 10.9. The zero-order chi connectivity index (χ0) is 24.2. The molecular weight excluding hydrogens is 472 g/mol. The van der Waals surface area contributed by atoms with Crippen molar-refractivity contribution >= 4 is 27.1 Å². The van der Waals surface area contributed by atoms with Gasteiger partial charge in [-0.05, 0) is 35.9 Å². The highest BCUT2D eigenvalue weighted by Crippen LogP contribution is 2.29. The minimum atomic E-state index is -3.33. The fourth-order valence-electron chi connectivity index (χ4n) is 4.06. The molecule has 1 aromatic carbocycles. The number of aryl methyl sites for hydroxylation is 1. The van der Waals surface area contributed by atoms with E-state index in [4.69, 9.17) is 4.74 Å². The van der Waals surface area contributed by atoms with Crippen LogP contribution in [0.25, 0.3) is 16.9 Å². The Kier molecular flexibility index (Phi) is 5.12. The number of amides is 1. The minimum absolute atomic E-state index is 0.174. The number of anilines is 1. The van der Waals surface area contributed by atoms with E-state index in [0.29, 0.717) is 41.2 Å². The maximum Gasteiger partial charge on any atom is 0.259 e. The van der Waals surface area contributed by atoms with E-state index in [1.807, 2.05) is 37.3 Å². The SMILES string of the molecule is Cc1ccc(-c2nnn(C3CN(S(=O)(=O)C4COC4)C3)n2)cc1NC(=O)c1cnn2ccccc12. The van der Waals surface area contributed by atoms with Gasteiger partial charge in [0, 0.05) is 30.5 Å². The number of tetrazole rings is 1. The Morgan fingerprint density at radius 2 is 2.00 bits per heavy atom. The van der Waals surface area contributed by atoms with Crippen LogP contribution in [0, 0.1) is 6.92 Å². The highest BCUT2D eigenvalue weighted by atomic mass is 32.2. The predicted molar refractivity (Wildman–Crippen MR) is 125 cm³/mol. The molecule has 0 saturated carbocycles. The minimum Gasteiger partial charge on any atom is -0.378 e. The summed E-state index contributed by atoms with van der Waals surface area (Å²) in [5, 5.41) is 19.5. The van der Waals surface area contributed by atoms with Crippen molar-refractivity contribution in [2.24, 2.45) is 0 Å². The fourth-order valence-corrected chi connectivity index (χ4v) is 5.78. The number of rotatable bonds is 6. The highest BCUT2D eigenvalue weighted by Gasteiger charge is 2.44. The molecule has 0 radical (unpaired) electrons. The van der Waals surface area contributed by atoms with E-state index in [0.717, 1.165) is 5.56 Å². The Morgan fingerprint density at radius 1 is 1.17 bits per heavy atom. The molecule has 1 N–H and O–H groups in total. The summed E-state index contributed by atoms with van der Waals surface area (Å²) in [6.45, 7) is 3.02. The van der Waals surface area contributed by atoms with Gasteiger partial charge in [0.15, 0.2) is 0 Å². The number of hydrogen-bond donors (Lipinski definition) is 1. The largest absolute Gasteiger partial charge is 0.378 e. The predicted octanol–water partition coefficient (Wildman–Crippen LogP) is 1.13. The van der Waals surface area contributed by atoms with E-state index in [1.54, 1.807) is 16.8 Å². The molecule has 180 valence electrons. The second-order valence-electron chi connectivity index (χ2n) is 8.68. The lowest BCUT2D eigenvalue weighted by atomic mass is 10.1. The Morgan fingerprint density at radius 3 is 2.77 bits per heavy atom. The van der Waals surface area contributed by atoms with Crippen molar-refractivity contribution in [3.8, 4) is 11.4 Å². The average molecular weight is 495 g/mol. The number of fused-ring (bicyclic) bond motifs is 1. The van der Waals surface area contributed by atoms with E-state index < -0.39 is 15.3 Å². The standard InChI is InChI=1S/C22H22N8O4S/c1-14-5-6-15(8-19(14)24-22(31)18-9-23-29-7-3-2-4-20(18)29)21-25-27-30(26-21)16-10-28(11-16)35(32,33)17-12-34-13-17/h2-9,16-17H,10-13H2,1H3,(H,24,31). The number of carbonyl (C=O) groups is 1. The molecule has 13 heteroatoms. The van der Waals surface area contributed by atoms with Crippen molar-refractivity contribution in [1.82, 2.24) is 34.1 Å². The second-order valence-corrected chi connectivity index (χ2v) is 10.9. The van der Waals surface area contributed by atoms with Gasteiger partial charge in [-0.25, -0.2) is 12.9 Å². The maximum atomic E-state index is 12.9. The van der Waals surface area contributed by atoms with Gasteiger partial charge in [-0.1, -0.05) is 18.2 Å². The molecule has 0 aliphatic carbocycles. The smallest absolute Gasteiger partial charge is 0.259 e. The molecule has 5 heterocycles. The number of aromatic nitrogens is 6. The molecule has 4 aromatic rings. The molecule has 0 spiro atoms. The lowest BCUT2D eigenvalue weighted by Crippen LogP contribution is -2.57. The molecule has 0 unspecified atom stereocenters. The molecule has 2 fully saturated rings. The first-order valence-corrected chi connectivity index (χ1v) is 12.6. The number of sulfonamides is 1. The van der Waals surface area contributed by atoms with Crippen molar-refractivity contribution in [2.75, 3.05) is 31.6 Å². The summed E-state index contributed by atoms with van der Waals surface area (Å²) in [4.78, 5) is 14.4. The van der Waals surface area contributed by atoms with Crippen LogP contribution in [0.4, 0.5) is 5.69 Å². The summed E-state index contributed by atoms with van der Waals surface area (Å²) in [6.07, 6.45) is 3.32. The van der Waals surface area contributed by atoms with Gasteiger partial charge in [0.05, 0.1) is 30.5 Å². The lowest BCUT2D eigenvalue weighted by Gasteiger charge is -2.40. The van der Waals surface area contributed by atoms with E-state index in [2.05, 4.69) is 25.8 Å². The summed E-state index contributed by atoms with van der Waals surface area (Å²) in [7, 11) is -3.33. The zero-order valence-corrected chi connectivity index (χ0v) is 19.6.